The van der Waals surface area contributed by atoms with Gasteiger partial charge in [0.15, 0.2) is 0 Å². The predicted molar refractivity (Wildman–Crippen MR) is 58.3 cm³/mol. The summed E-state index contributed by atoms with van der Waals surface area (Å²) >= 11 is 9.17. The maximum atomic E-state index is 8.50. The fraction of sp³-hybridized carbons (Fsp3) is 1.00. The molecule has 0 saturated heterocycles. The number of hydrogen-bond donors (Lipinski definition) is 2. The van der Waals surface area contributed by atoms with Gasteiger partial charge in [-0.25, -0.2) is 0 Å². The van der Waals surface area contributed by atoms with Crippen LogP contribution in [0.15, 0.2) is 0 Å². The van der Waals surface area contributed by atoms with Crippen molar-refractivity contribution >= 4 is 36.6 Å². The van der Waals surface area contributed by atoms with Crippen molar-refractivity contribution in [2.45, 2.75) is 0 Å². The van der Waals surface area contributed by atoms with Crippen LogP contribution in [-0.4, -0.2) is 41.8 Å². The average Bonchev–Trinajstić information content (AvgIpc) is 2.01. The summed E-state index contributed by atoms with van der Waals surface area (Å²) in [5, 5.41) is 0. The van der Waals surface area contributed by atoms with Gasteiger partial charge in [0.2, 0.25) is 0 Å². The van der Waals surface area contributed by atoms with Gasteiger partial charge in [-0.15, -0.1) is 0 Å². The molecule has 0 unspecified atom stereocenters. The van der Waals surface area contributed by atoms with Crippen molar-refractivity contribution in [2.24, 2.45) is 0 Å². The Morgan fingerprint density at radius 2 is 1.64 bits per heavy atom. The topological polar surface area (TPSA) is 27.0 Å². The number of nitrogens with zero attached hydrogens (tertiary/aromatic N) is 2. The number of thiol groups is 2. The summed E-state index contributed by atoms with van der Waals surface area (Å²) in [5.41, 5.74) is 0. The quantitative estimate of drug-likeness (QED) is 0.648. The van der Waals surface area contributed by atoms with E-state index in [2.05, 4.69) is 30.2 Å². The lowest BCUT2D eigenvalue weighted by Gasteiger charge is -2.18. The molecule has 0 aromatic carbocycles. The monoisotopic (exact) mass is 210 g/mol. The standard InChI is InChI=1S/C6H14N2S3/c7-11-6-3-8(1-4-9)2-5-10/h9-10H,1-6H2. The molecule has 0 amide bonds. The van der Waals surface area contributed by atoms with Crippen LogP contribution in [0.5, 0.6) is 0 Å². The van der Waals surface area contributed by atoms with E-state index in [9.17, 15) is 0 Å². The minimum atomic E-state index is 0.765. The van der Waals surface area contributed by atoms with Gasteiger partial charge in [0.1, 0.15) is 0 Å². The summed E-state index contributed by atoms with van der Waals surface area (Å²) in [7, 11) is 0. The molecule has 0 aliphatic heterocycles. The van der Waals surface area contributed by atoms with Gasteiger partial charge in [-0.2, -0.15) is 29.9 Å². The van der Waals surface area contributed by atoms with E-state index < -0.39 is 0 Å². The summed E-state index contributed by atoms with van der Waals surface area (Å²) in [6.07, 6.45) is 0. The molecule has 0 saturated carbocycles. The van der Waals surface area contributed by atoms with Crippen LogP contribution in [-0.2, 0) is 0 Å². The van der Waals surface area contributed by atoms with Gasteiger partial charge in [0.25, 0.3) is 0 Å². The van der Waals surface area contributed by atoms with E-state index in [-0.39, 0.29) is 0 Å². The fourth-order valence-electron chi connectivity index (χ4n) is 0.788. The maximum Gasteiger partial charge on any atom is 0.0556 e. The first-order chi connectivity index (χ1) is 5.35. The Morgan fingerprint density at radius 1 is 1.09 bits per heavy atom. The second-order valence-electron chi connectivity index (χ2n) is 2.12. The first kappa shape index (κ1) is 11.6. The summed E-state index contributed by atoms with van der Waals surface area (Å²) in [6, 6.07) is 0. The largest absolute Gasteiger partial charge is 0.301 e. The van der Waals surface area contributed by atoms with Crippen molar-refractivity contribution in [3.8, 4) is 0 Å². The molecule has 2 nitrogen and oxygen atoms in total. The third-order valence-corrected chi connectivity index (χ3v) is 2.10. The number of rotatable bonds is 6. The Kier molecular flexibility index (Phi) is 9.15. The van der Waals surface area contributed by atoms with Crippen molar-refractivity contribution < 1.29 is 0 Å². The van der Waals surface area contributed by atoms with Crippen molar-refractivity contribution in [1.29, 1.82) is 4.61 Å². The highest BCUT2D eigenvalue weighted by Gasteiger charge is 2.00. The van der Waals surface area contributed by atoms with Crippen LogP contribution in [0.4, 0.5) is 0 Å². The summed E-state index contributed by atoms with van der Waals surface area (Å²) in [6.45, 7) is 2.87. The molecular weight excluding hydrogens is 196 g/mol. The smallest absolute Gasteiger partial charge is 0.0556 e. The molecule has 0 rings (SSSR count). The summed E-state index contributed by atoms with van der Waals surface area (Å²) in [5.74, 6) is 2.50. The first-order valence-electron chi connectivity index (χ1n) is 3.55. The highest BCUT2D eigenvalue weighted by molar-refractivity contribution is 7.85. The molecule has 0 radical (unpaired) electrons. The van der Waals surface area contributed by atoms with Crippen molar-refractivity contribution in [2.75, 3.05) is 36.9 Å². The highest BCUT2D eigenvalue weighted by Crippen LogP contribution is 1.92. The normalized spacial score (nSPS) is 10.4. The van der Waals surface area contributed by atoms with Crippen LogP contribution in [0.25, 0.3) is 0 Å². The van der Waals surface area contributed by atoms with E-state index >= 15 is 0 Å². The molecule has 0 fully saturated rings. The fourth-order valence-corrected chi connectivity index (χ4v) is 1.69. The van der Waals surface area contributed by atoms with Crippen LogP contribution in [0.3, 0.4) is 0 Å². The second kappa shape index (κ2) is 8.68. The zero-order valence-electron chi connectivity index (χ0n) is 6.44. The molecule has 0 bridgehead atoms. The Bertz CT molecular complexity index is 117. The van der Waals surface area contributed by atoms with Gasteiger partial charge < -0.3 is 4.90 Å². The lowest BCUT2D eigenvalue weighted by molar-refractivity contribution is 0.330. The van der Waals surface area contributed by atoms with Gasteiger partial charge in [-0.1, -0.05) is 0 Å². The maximum absolute atomic E-state index is 8.50. The molecule has 0 aromatic heterocycles. The Balaban J connectivity index is 3.44. The third kappa shape index (κ3) is 6.97. The van der Waals surface area contributed by atoms with E-state index in [1.807, 2.05) is 0 Å². The van der Waals surface area contributed by atoms with Gasteiger partial charge in [0.05, 0.1) is 5.75 Å². The lowest BCUT2D eigenvalue weighted by atomic mass is 10.5. The van der Waals surface area contributed by atoms with E-state index in [0.29, 0.717) is 0 Å². The highest BCUT2D eigenvalue weighted by atomic mass is 32.1. The van der Waals surface area contributed by atoms with Crippen LogP contribution in [0.1, 0.15) is 0 Å². The minimum Gasteiger partial charge on any atom is -0.301 e. The molecule has 0 atom stereocenters. The molecule has 66 valence electrons. The molecule has 0 aliphatic rings. The van der Waals surface area contributed by atoms with Crippen LogP contribution < -0.4 is 0 Å². The zero-order chi connectivity index (χ0) is 8.53. The Morgan fingerprint density at radius 3 is 2.00 bits per heavy atom. The molecular formula is C6H14N2S3. The van der Waals surface area contributed by atoms with Crippen molar-refractivity contribution in [1.82, 2.24) is 4.90 Å². The van der Waals surface area contributed by atoms with Crippen LogP contribution in [0.2, 0.25) is 0 Å². The van der Waals surface area contributed by atoms with Crippen molar-refractivity contribution in [3.63, 3.8) is 0 Å². The van der Waals surface area contributed by atoms with Gasteiger partial charge >= 0.3 is 0 Å². The van der Waals surface area contributed by atoms with E-state index in [4.69, 9.17) is 4.61 Å². The van der Waals surface area contributed by atoms with E-state index in [1.165, 1.54) is 0 Å². The molecule has 0 aliphatic carbocycles. The molecule has 11 heavy (non-hydrogen) atoms. The first-order valence-corrected chi connectivity index (χ1v) is 5.76. The van der Waals surface area contributed by atoms with E-state index in [0.717, 1.165) is 48.3 Å². The SMILES string of the molecule is N#SCCN(CCS)CCS. The Labute approximate surface area is 83.1 Å². The van der Waals surface area contributed by atoms with Crippen LogP contribution >= 0.6 is 36.6 Å². The van der Waals surface area contributed by atoms with Gasteiger partial charge in [-0.3, -0.25) is 0 Å². The molecule has 0 N–H and O–H groups in total. The predicted octanol–water partition coefficient (Wildman–Crippen LogP) is 1.36. The van der Waals surface area contributed by atoms with E-state index in [1.54, 1.807) is 0 Å². The molecule has 0 aromatic rings. The van der Waals surface area contributed by atoms with Crippen molar-refractivity contribution in [3.05, 3.63) is 0 Å². The molecule has 0 heterocycles. The minimum absolute atomic E-state index is 0.765. The second-order valence-corrected chi connectivity index (χ2v) is 3.68. The average molecular weight is 210 g/mol. The summed E-state index contributed by atoms with van der Waals surface area (Å²) < 4.78 is 8.50. The lowest BCUT2D eigenvalue weighted by Crippen LogP contribution is -2.29. The summed E-state index contributed by atoms with van der Waals surface area (Å²) in [4.78, 5) is 2.24. The van der Waals surface area contributed by atoms with Gasteiger partial charge in [-0.05, 0) is 0 Å². The molecule has 0 spiro atoms. The zero-order valence-corrected chi connectivity index (χ0v) is 9.05. The Hall–Kier alpha value is 0.590. The third-order valence-electron chi connectivity index (χ3n) is 1.33. The molecule has 5 heteroatoms. The van der Waals surface area contributed by atoms with Gasteiger partial charge in [0, 0.05) is 42.5 Å². The van der Waals surface area contributed by atoms with Crippen LogP contribution in [0, 0.1) is 4.61 Å². The number of hydrogen-bond acceptors (Lipinski definition) is 4.